The first-order chi connectivity index (χ1) is 15.2. The monoisotopic (exact) mass is 407 g/mol. The molecule has 0 spiro atoms. The second-order valence-electron chi connectivity index (χ2n) is 7.69. The highest BCUT2D eigenvalue weighted by Gasteiger charge is 2.42. The Morgan fingerprint density at radius 2 is 1.00 bits per heavy atom. The molecule has 0 aliphatic rings. The standard InChI is InChI=1S/C28H25NO2/c30-27(31)26(21-22-13-5-1-6-14-22)29-28(23-15-7-2-8-16-23,24-17-9-3-10-18-24)25-19-11-4-12-20-25/h1-20,26,29H,21H2,(H,30,31)/t26-/m1/s1. The van der Waals surface area contributed by atoms with Crippen molar-refractivity contribution in [1.29, 1.82) is 0 Å². The molecule has 0 unspecified atom stereocenters. The lowest BCUT2D eigenvalue weighted by Crippen LogP contribution is -3.02. The molecule has 0 fully saturated rings. The van der Waals surface area contributed by atoms with E-state index >= 15 is 0 Å². The van der Waals surface area contributed by atoms with Gasteiger partial charge in [-0.2, -0.15) is 0 Å². The highest BCUT2D eigenvalue weighted by molar-refractivity contribution is 5.70. The molecule has 1 atom stereocenters. The van der Waals surface area contributed by atoms with Crippen LogP contribution >= 0.6 is 0 Å². The molecule has 0 heterocycles. The number of rotatable bonds is 8. The Morgan fingerprint density at radius 1 is 0.645 bits per heavy atom. The topological polar surface area (TPSA) is 56.7 Å². The van der Waals surface area contributed by atoms with E-state index in [4.69, 9.17) is 0 Å². The number of hydrogen-bond acceptors (Lipinski definition) is 2. The van der Waals surface area contributed by atoms with Crippen molar-refractivity contribution in [1.82, 2.24) is 0 Å². The summed E-state index contributed by atoms with van der Waals surface area (Å²) in [6.07, 6.45) is 0.372. The lowest BCUT2D eigenvalue weighted by molar-refractivity contribution is -0.740. The molecule has 31 heavy (non-hydrogen) atoms. The predicted octanol–water partition coefficient (Wildman–Crippen LogP) is 2.90. The third-order valence-electron chi connectivity index (χ3n) is 5.74. The third-order valence-corrected chi connectivity index (χ3v) is 5.74. The van der Waals surface area contributed by atoms with Gasteiger partial charge in [-0.1, -0.05) is 121 Å². The highest BCUT2D eigenvalue weighted by Crippen LogP contribution is 2.33. The fourth-order valence-corrected chi connectivity index (χ4v) is 4.27. The quantitative estimate of drug-likeness (QED) is 0.457. The molecule has 0 aromatic heterocycles. The van der Waals surface area contributed by atoms with Gasteiger partial charge in [-0.3, -0.25) is 0 Å². The molecule has 0 saturated heterocycles. The number of carboxylic acids is 1. The van der Waals surface area contributed by atoms with Gasteiger partial charge in [-0.05, 0) is 5.56 Å². The van der Waals surface area contributed by atoms with Crippen LogP contribution in [0.3, 0.4) is 0 Å². The minimum absolute atomic E-state index is 0.372. The molecule has 154 valence electrons. The van der Waals surface area contributed by atoms with Crippen LogP contribution in [0.15, 0.2) is 121 Å². The maximum atomic E-state index is 12.3. The molecule has 0 aliphatic heterocycles. The van der Waals surface area contributed by atoms with Crippen molar-refractivity contribution in [2.75, 3.05) is 0 Å². The molecular formula is C28H25NO2. The van der Waals surface area contributed by atoms with Crippen LogP contribution in [0.5, 0.6) is 0 Å². The Hall–Kier alpha value is -3.69. The smallest absolute Gasteiger partial charge is 0.174 e. The van der Waals surface area contributed by atoms with Crippen LogP contribution in [-0.2, 0) is 16.8 Å². The first-order valence-corrected chi connectivity index (χ1v) is 10.5. The van der Waals surface area contributed by atoms with E-state index in [1.807, 2.05) is 90.2 Å². The SMILES string of the molecule is O=C([O-])[C@@H](Cc1ccccc1)[NH2+]C(c1ccccc1)(c1ccccc1)c1ccccc1. The van der Waals surface area contributed by atoms with E-state index in [1.54, 1.807) is 0 Å². The van der Waals surface area contributed by atoms with Crippen molar-refractivity contribution in [3.8, 4) is 0 Å². The van der Waals surface area contributed by atoms with Crippen LogP contribution in [0.4, 0.5) is 0 Å². The Balaban J connectivity index is 1.90. The number of aliphatic carboxylic acids is 1. The maximum absolute atomic E-state index is 12.3. The molecule has 0 saturated carbocycles. The number of carbonyl (C=O) groups is 1. The van der Waals surface area contributed by atoms with Crippen molar-refractivity contribution in [2.45, 2.75) is 18.0 Å². The molecule has 4 aromatic carbocycles. The Bertz CT molecular complexity index is 1000. The van der Waals surface area contributed by atoms with E-state index in [0.29, 0.717) is 6.42 Å². The van der Waals surface area contributed by atoms with E-state index in [-0.39, 0.29) is 0 Å². The van der Waals surface area contributed by atoms with Crippen molar-refractivity contribution < 1.29 is 15.2 Å². The summed E-state index contributed by atoms with van der Waals surface area (Å²) in [4.78, 5) is 12.3. The van der Waals surface area contributed by atoms with Gasteiger partial charge in [0.1, 0.15) is 6.04 Å². The average molecular weight is 408 g/mol. The lowest BCUT2D eigenvalue weighted by Gasteiger charge is -2.37. The number of quaternary nitrogens is 1. The van der Waals surface area contributed by atoms with Crippen molar-refractivity contribution >= 4 is 5.97 Å². The highest BCUT2D eigenvalue weighted by atomic mass is 16.4. The molecule has 3 heteroatoms. The summed E-state index contributed by atoms with van der Waals surface area (Å²) in [5.41, 5.74) is 3.30. The largest absolute Gasteiger partial charge is 0.544 e. The summed E-state index contributed by atoms with van der Waals surface area (Å²) in [5.74, 6) is -1.07. The van der Waals surface area contributed by atoms with Crippen LogP contribution in [0, 0.1) is 0 Å². The fraction of sp³-hybridized carbons (Fsp3) is 0.107. The van der Waals surface area contributed by atoms with Gasteiger partial charge >= 0.3 is 0 Å². The Morgan fingerprint density at radius 3 is 1.35 bits per heavy atom. The molecule has 0 radical (unpaired) electrons. The molecule has 0 bridgehead atoms. The number of hydrogen-bond donors (Lipinski definition) is 1. The lowest BCUT2D eigenvalue weighted by atomic mass is 9.76. The van der Waals surface area contributed by atoms with Gasteiger partial charge in [0.2, 0.25) is 0 Å². The van der Waals surface area contributed by atoms with Gasteiger partial charge in [0, 0.05) is 23.1 Å². The van der Waals surface area contributed by atoms with Gasteiger partial charge in [-0.25, -0.2) is 0 Å². The first kappa shape index (κ1) is 20.6. The summed E-state index contributed by atoms with van der Waals surface area (Å²) in [7, 11) is 0. The third kappa shape index (κ3) is 4.42. The minimum atomic E-state index is -1.07. The number of nitrogens with two attached hydrogens (primary N) is 1. The summed E-state index contributed by atoms with van der Waals surface area (Å²) in [6, 6.07) is 39.2. The zero-order chi connectivity index (χ0) is 21.5. The number of carbonyl (C=O) groups excluding carboxylic acids is 1. The molecule has 4 aromatic rings. The summed E-state index contributed by atoms with van der Waals surface area (Å²) in [6.45, 7) is 0. The van der Waals surface area contributed by atoms with Crippen LogP contribution < -0.4 is 10.4 Å². The molecule has 0 amide bonds. The average Bonchev–Trinajstić information content (AvgIpc) is 2.84. The zero-order valence-electron chi connectivity index (χ0n) is 17.2. The van der Waals surface area contributed by atoms with E-state index in [0.717, 1.165) is 22.3 Å². The van der Waals surface area contributed by atoms with E-state index in [2.05, 4.69) is 36.4 Å². The maximum Gasteiger partial charge on any atom is 0.174 e. The minimum Gasteiger partial charge on any atom is -0.544 e. The fourth-order valence-electron chi connectivity index (χ4n) is 4.27. The van der Waals surface area contributed by atoms with Crippen LogP contribution in [0.2, 0.25) is 0 Å². The van der Waals surface area contributed by atoms with E-state index < -0.39 is 17.6 Å². The van der Waals surface area contributed by atoms with Gasteiger partial charge in [0.15, 0.2) is 5.54 Å². The normalized spacial score (nSPS) is 12.3. The molecular weight excluding hydrogens is 382 g/mol. The van der Waals surface area contributed by atoms with Crippen LogP contribution in [0.25, 0.3) is 0 Å². The Labute approximate surface area is 183 Å². The van der Waals surface area contributed by atoms with Gasteiger partial charge < -0.3 is 15.2 Å². The van der Waals surface area contributed by atoms with Gasteiger partial charge in [0.25, 0.3) is 0 Å². The number of carboxylic acid groups (broad SMARTS) is 1. The zero-order valence-corrected chi connectivity index (χ0v) is 17.2. The Kier molecular flexibility index (Phi) is 6.25. The molecule has 0 aliphatic carbocycles. The summed E-state index contributed by atoms with van der Waals surface area (Å²) in [5, 5.41) is 14.3. The molecule has 4 rings (SSSR count). The van der Waals surface area contributed by atoms with Gasteiger partial charge in [-0.15, -0.1) is 0 Å². The predicted molar refractivity (Wildman–Crippen MR) is 120 cm³/mol. The summed E-state index contributed by atoms with van der Waals surface area (Å²) >= 11 is 0. The van der Waals surface area contributed by atoms with E-state index in [9.17, 15) is 9.90 Å². The van der Waals surface area contributed by atoms with Crippen LogP contribution in [-0.4, -0.2) is 12.0 Å². The van der Waals surface area contributed by atoms with E-state index in [1.165, 1.54) is 0 Å². The number of benzene rings is 4. The van der Waals surface area contributed by atoms with Crippen molar-refractivity contribution in [3.05, 3.63) is 144 Å². The van der Waals surface area contributed by atoms with Crippen LogP contribution in [0.1, 0.15) is 22.3 Å². The van der Waals surface area contributed by atoms with Gasteiger partial charge in [0.05, 0.1) is 5.97 Å². The second kappa shape index (κ2) is 9.41. The molecule has 2 N–H and O–H groups in total. The van der Waals surface area contributed by atoms with Crippen molar-refractivity contribution in [3.63, 3.8) is 0 Å². The van der Waals surface area contributed by atoms with Crippen molar-refractivity contribution in [2.24, 2.45) is 0 Å². The second-order valence-corrected chi connectivity index (χ2v) is 7.69. The first-order valence-electron chi connectivity index (χ1n) is 10.5. The molecule has 3 nitrogen and oxygen atoms in total. The summed E-state index contributed by atoms with van der Waals surface area (Å²) < 4.78 is 0.